The molecule has 0 heterocycles. The standard InChI is InChI=1S/C13H16O3/c1-9(16-2)13(7-8-13)11-6-4-3-5-10(11)12(14)15/h3-6,9H,7-8H2,1-2H3,(H,14,15). The Balaban J connectivity index is 2.44. The largest absolute Gasteiger partial charge is 0.478 e. The van der Waals surface area contributed by atoms with Gasteiger partial charge in [-0.15, -0.1) is 0 Å². The van der Waals surface area contributed by atoms with Crippen LogP contribution in [0.5, 0.6) is 0 Å². The number of ether oxygens (including phenoxy) is 1. The molecule has 0 spiro atoms. The van der Waals surface area contributed by atoms with Gasteiger partial charge in [-0.05, 0) is 31.4 Å². The van der Waals surface area contributed by atoms with Gasteiger partial charge in [0.15, 0.2) is 0 Å². The molecule has 1 aromatic carbocycles. The van der Waals surface area contributed by atoms with Gasteiger partial charge in [0.05, 0.1) is 11.7 Å². The Bertz CT molecular complexity index is 407. The maximum atomic E-state index is 11.2. The third-order valence-corrected chi connectivity index (χ3v) is 3.61. The van der Waals surface area contributed by atoms with Crippen molar-refractivity contribution in [3.05, 3.63) is 35.4 Å². The molecule has 1 fully saturated rings. The molecule has 1 saturated carbocycles. The van der Waals surface area contributed by atoms with Crippen LogP contribution in [0.25, 0.3) is 0 Å². The molecule has 0 bridgehead atoms. The molecule has 0 radical (unpaired) electrons. The van der Waals surface area contributed by atoms with Gasteiger partial charge in [0.1, 0.15) is 0 Å². The van der Waals surface area contributed by atoms with E-state index in [9.17, 15) is 9.90 Å². The smallest absolute Gasteiger partial charge is 0.335 e. The molecule has 1 unspecified atom stereocenters. The van der Waals surface area contributed by atoms with E-state index in [-0.39, 0.29) is 11.5 Å². The second-order valence-electron chi connectivity index (χ2n) is 4.38. The fourth-order valence-electron chi connectivity index (χ4n) is 2.36. The van der Waals surface area contributed by atoms with E-state index in [0.29, 0.717) is 5.56 Å². The summed E-state index contributed by atoms with van der Waals surface area (Å²) >= 11 is 0. The van der Waals surface area contributed by atoms with Crippen LogP contribution in [0.15, 0.2) is 24.3 Å². The molecular formula is C13H16O3. The Labute approximate surface area is 95.0 Å². The van der Waals surface area contributed by atoms with Gasteiger partial charge in [0.2, 0.25) is 0 Å². The molecule has 0 saturated heterocycles. The van der Waals surface area contributed by atoms with Crippen molar-refractivity contribution in [2.75, 3.05) is 7.11 Å². The van der Waals surface area contributed by atoms with Crippen molar-refractivity contribution in [2.24, 2.45) is 0 Å². The zero-order chi connectivity index (χ0) is 11.8. The number of carboxylic acids is 1. The van der Waals surface area contributed by atoms with Crippen molar-refractivity contribution in [3.8, 4) is 0 Å². The summed E-state index contributed by atoms with van der Waals surface area (Å²) in [4.78, 5) is 11.2. The zero-order valence-electron chi connectivity index (χ0n) is 9.56. The second kappa shape index (κ2) is 3.91. The molecule has 16 heavy (non-hydrogen) atoms. The van der Waals surface area contributed by atoms with Crippen molar-refractivity contribution in [1.29, 1.82) is 0 Å². The first-order chi connectivity index (χ1) is 7.62. The quantitative estimate of drug-likeness (QED) is 0.847. The van der Waals surface area contributed by atoms with E-state index in [4.69, 9.17) is 4.74 Å². The number of hydrogen-bond donors (Lipinski definition) is 1. The molecule has 3 heteroatoms. The van der Waals surface area contributed by atoms with Crippen LogP contribution in [0.2, 0.25) is 0 Å². The maximum absolute atomic E-state index is 11.2. The summed E-state index contributed by atoms with van der Waals surface area (Å²) in [7, 11) is 1.67. The summed E-state index contributed by atoms with van der Waals surface area (Å²) in [5.41, 5.74) is 1.24. The highest BCUT2D eigenvalue weighted by atomic mass is 16.5. The van der Waals surface area contributed by atoms with E-state index in [1.54, 1.807) is 19.2 Å². The lowest BCUT2D eigenvalue weighted by atomic mass is 9.87. The third kappa shape index (κ3) is 1.61. The topological polar surface area (TPSA) is 46.5 Å². The molecule has 1 N–H and O–H groups in total. The van der Waals surface area contributed by atoms with E-state index in [1.807, 2.05) is 19.1 Å². The Kier molecular flexibility index (Phi) is 2.72. The summed E-state index contributed by atoms with van der Waals surface area (Å²) in [6.07, 6.45) is 2.08. The van der Waals surface area contributed by atoms with E-state index in [0.717, 1.165) is 18.4 Å². The number of methoxy groups -OCH3 is 1. The Hall–Kier alpha value is -1.35. The first-order valence-electron chi connectivity index (χ1n) is 5.47. The molecule has 1 atom stereocenters. The highest BCUT2D eigenvalue weighted by molar-refractivity contribution is 5.90. The maximum Gasteiger partial charge on any atom is 0.335 e. The van der Waals surface area contributed by atoms with Crippen molar-refractivity contribution < 1.29 is 14.6 Å². The molecule has 3 nitrogen and oxygen atoms in total. The predicted octanol–water partition coefficient (Wildman–Crippen LogP) is 2.45. The lowest BCUT2D eigenvalue weighted by Crippen LogP contribution is -2.27. The van der Waals surface area contributed by atoms with Crippen molar-refractivity contribution in [2.45, 2.75) is 31.3 Å². The number of benzene rings is 1. The fourth-order valence-corrected chi connectivity index (χ4v) is 2.36. The van der Waals surface area contributed by atoms with Crippen LogP contribution < -0.4 is 0 Å². The monoisotopic (exact) mass is 220 g/mol. The first kappa shape index (κ1) is 11.1. The van der Waals surface area contributed by atoms with E-state index in [1.165, 1.54) is 0 Å². The first-order valence-corrected chi connectivity index (χ1v) is 5.47. The molecule has 2 rings (SSSR count). The van der Waals surface area contributed by atoms with Crippen LogP contribution in [0.1, 0.15) is 35.7 Å². The molecule has 0 amide bonds. The lowest BCUT2D eigenvalue weighted by molar-refractivity contribution is 0.0682. The Morgan fingerprint density at radius 3 is 2.56 bits per heavy atom. The van der Waals surface area contributed by atoms with Crippen LogP contribution in [-0.4, -0.2) is 24.3 Å². The van der Waals surface area contributed by atoms with Crippen molar-refractivity contribution >= 4 is 5.97 Å². The molecule has 86 valence electrons. The van der Waals surface area contributed by atoms with Gasteiger partial charge in [-0.3, -0.25) is 0 Å². The van der Waals surface area contributed by atoms with E-state index in [2.05, 4.69) is 0 Å². The van der Waals surface area contributed by atoms with Crippen LogP contribution in [0.4, 0.5) is 0 Å². The van der Waals surface area contributed by atoms with Gasteiger partial charge in [0, 0.05) is 12.5 Å². The highest BCUT2D eigenvalue weighted by Gasteiger charge is 2.50. The average molecular weight is 220 g/mol. The van der Waals surface area contributed by atoms with Gasteiger partial charge in [-0.1, -0.05) is 18.2 Å². The summed E-state index contributed by atoms with van der Waals surface area (Å²) < 4.78 is 5.37. The molecule has 1 aromatic rings. The van der Waals surface area contributed by atoms with Crippen LogP contribution in [0, 0.1) is 0 Å². The lowest BCUT2D eigenvalue weighted by Gasteiger charge is -2.24. The fraction of sp³-hybridized carbons (Fsp3) is 0.462. The minimum absolute atomic E-state index is 0.0630. The number of aromatic carboxylic acids is 1. The Morgan fingerprint density at radius 1 is 1.44 bits per heavy atom. The number of hydrogen-bond acceptors (Lipinski definition) is 2. The molecule has 0 aromatic heterocycles. The normalized spacial score (nSPS) is 19.1. The zero-order valence-corrected chi connectivity index (χ0v) is 9.56. The summed E-state index contributed by atoms with van der Waals surface area (Å²) in [5, 5.41) is 9.17. The molecule has 1 aliphatic rings. The average Bonchev–Trinajstić information content (AvgIpc) is 3.09. The number of rotatable bonds is 4. The van der Waals surface area contributed by atoms with E-state index < -0.39 is 5.97 Å². The van der Waals surface area contributed by atoms with Gasteiger partial charge in [0.25, 0.3) is 0 Å². The number of carbonyl (C=O) groups is 1. The second-order valence-corrected chi connectivity index (χ2v) is 4.38. The van der Waals surface area contributed by atoms with Gasteiger partial charge in [-0.2, -0.15) is 0 Å². The van der Waals surface area contributed by atoms with Crippen molar-refractivity contribution in [3.63, 3.8) is 0 Å². The summed E-state index contributed by atoms with van der Waals surface area (Å²) in [6.45, 7) is 2.01. The number of carboxylic acid groups (broad SMARTS) is 1. The molecule has 1 aliphatic carbocycles. The van der Waals surface area contributed by atoms with Gasteiger partial charge < -0.3 is 9.84 Å². The minimum Gasteiger partial charge on any atom is -0.478 e. The van der Waals surface area contributed by atoms with Crippen LogP contribution in [-0.2, 0) is 10.2 Å². The summed E-state index contributed by atoms with van der Waals surface area (Å²) in [6, 6.07) is 7.23. The summed E-state index contributed by atoms with van der Waals surface area (Å²) in [5.74, 6) is -0.856. The predicted molar refractivity (Wildman–Crippen MR) is 60.8 cm³/mol. The van der Waals surface area contributed by atoms with Crippen LogP contribution >= 0.6 is 0 Å². The van der Waals surface area contributed by atoms with Crippen LogP contribution in [0.3, 0.4) is 0 Å². The third-order valence-electron chi connectivity index (χ3n) is 3.61. The van der Waals surface area contributed by atoms with Gasteiger partial charge in [-0.25, -0.2) is 4.79 Å². The highest BCUT2D eigenvalue weighted by Crippen LogP contribution is 2.52. The van der Waals surface area contributed by atoms with Gasteiger partial charge >= 0.3 is 5.97 Å². The van der Waals surface area contributed by atoms with Crippen molar-refractivity contribution in [1.82, 2.24) is 0 Å². The molecule has 0 aliphatic heterocycles. The SMILES string of the molecule is COC(C)C1(c2ccccc2C(=O)O)CC1. The molecular weight excluding hydrogens is 204 g/mol. The Morgan fingerprint density at radius 2 is 2.06 bits per heavy atom. The van der Waals surface area contributed by atoms with E-state index >= 15 is 0 Å². The minimum atomic E-state index is -0.856.